The SMILES string of the molecule is CC(NC(=O)O)c1c(N)nc(-c2nc(Cc3ccccc3F)n3ncccc23)nc1N. The Morgan fingerprint density at radius 2 is 1.87 bits per heavy atom. The Morgan fingerprint density at radius 3 is 2.55 bits per heavy atom. The predicted octanol–water partition coefficient (Wildman–Crippen LogP) is 2.41. The molecule has 11 heteroatoms. The first-order valence-electron chi connectivity index (χ1n) is 9.34. The van der Waals surface area contributed by atoms with Crippen molar-refractivity contribution in [2.24, 2.45) is 0 Å². The molecule has 0 fully saturated rings. The van der Waals surface area contributed by atoms with Gasteiger partial charge in [0.15, 0.2) is 5.82 Å². The van der Waals surface area contributed by atoms with Gasteiger partial charge in [-0.2, -0.15) is 5.10 Å². The number of aromatic nitrogens is 5. The van der Waals surface area contributed by atoms with Gasteiger partial charge in [0.25, 0.3) is 0 Å². The summed E-state index contributed by atoms with van der Waals surface area (Å²) in [5.74, 6) is 0.368. The molecule has 0 aliphatic heterocycles. The molecule has 1 atom stereocenters. The molecule has 10 nitrogen and oxygen atoms in total. The minimum Gasteiger partial charge on any atom is -0.465 e. The minimum absolute atomic E-state index is 0.0319. The van der Waals surface area contributed by atoms with Gasteiger partial charge in [-0.15, -0.1) is 0 Å². The number of carbonyl (C=O) groups is 1. The van der Waals surface area contributed by atoms with Gasteiger partial charge < -0.3 is 21.9 Å². The van der Waals surface area contributed by atoms with Crippen molar-refractivity contribution < 1.29 is 14.3 Å². The van der Waals surface area contributed by atoms with E-state index in [1.54, 1.807) is 48.0 Å². The van der Waals surface area contributed by atoms with Crippen LogP contribution in [-0.4, -0.2) is 35.8 Å². The number of benzene rings is 1. The highest BCUT2D eigenvalue weighted by atomic mass is 19.1. The number of fused-ring (bicyclic) bond motifs is 1. The summed E-state index contributed by atoms with van der Waals surface area (Å²) in [4.78, 5) is 24.1. The number of imidazole rings is 1. The molecule has 6 N–H and O–H groups in total. The first kappa shape index (κ1) is 20.0. The lowest BCUT2D eigenvalue weighted by Gasteiger charge is -2.16. The molecule has 0 radical (unpaired) electrons. The Labute approximate surface area is 175 Å². The Kier molecular flexibility index (Phi) is 5.07. The molecule has 0 saturated heterocycles. The van der Waals surface area contributed by atoms with E-state index < -0.39 is 12.1 Å². The van der Waals surface area contributed by atoms with E-state index in [2.05, 4.69) is 25.4 Å². The van der Waals surface area contributed by atoms with Crippen LogP contribution in [0.5, 0.6) is 0 Å². The van der Waals surface area contributed by atoms with Crippen LogP contribution >= 0.6 is 0 Å². The summed E-state index contributed by atoms with van der Waals surface area (Å²) in [5.41, 5.74) is 13.9. The first-order valence-corrected chi connectivity index (χ1v) is 9.34. The smallest absolute Gasteiger partial charge is 0.405 e. The number of anilines is 2. The van der Waals surface area contributed by atoms with Crippen LogP contribution in [-0.2, 0) is 6.42 Å². The fourth-order valence-electron chi connectivity index (χ4n) is 3.39. The van der Waals surface area contributed by atoms with Gasteiger partial charge in [0.2, 0.25) is 0 Å². The van der Waals surface area contributed by atoms with E-state index in [9.17, 15) is 9.18 Å². The third-order valence-electron chi connectivity index (χ3n) is 4.77. The lowest BCUT2D eigenvalue weighted by atomic mass is 10.1. The Bertz CT molecular complexity index is 1270. The van der Waals surface area contributed by atoms with Gasteiger partial charge in [0.05, 0.1) is 17.1 Å². The predicted molar refractivity (Wildman–Crippen MR) is 112 cm³/mol. The molecule has 0 aliphatic rings. The second-order valence-electron chi connectivity index (χ2n) is 6.87. The van der Waals surface area contributed by atoms with Gasteiger partial charge in [-0.25, -0.2) is 28.7 Å². The standard InChI is InChI=1S/C20H19FN8O2/c1-10(25-20(30)31)15-17(22)27-19(28-18(15)23)16-13-7-4-8-24-29(13)14(26-16)9-11-5-2-3-6-12(11)21/h2-8,10,25H,9H2,1H3,(H,30,31)(H4,22,23,27,28). The molecule has 1 unspecified atom stereocenters. The van der Waals surface area contributed by atoms with E-state index in [0.29, 0.717) is 22.6 Å². The summed E-state index contributed by atoms with van der Waals surface area (Å²) in [6, 6.07) is 9.23. The van der Waals surface area contributed by atoms with Gasteiger partial charge in [-0.3, -0.25) is 0 Å². The fraction of sp³-hybridized carbons (Fsp3) is 0.150. The van der Waals surface area contributed by atoms with Crippen molar-refractivity contribution in [2.75, 3.05) is 11.5 Å². The van der Waals surface area contributed by atoms with E-state index in [-0.39, 0.29) is 35.3 Å². The largest absolute Gasteiger partial charge is 0.465 e. The van der Waals surface area contributed by atoms with Gasteiger partial charge in [0.1, 0.15) is 29.0 Å². The maximum Gasteiger partial charge on any atom is 0.405 e. The zero-order valence-corrected chi connectivity index (χ0v) is 16.5. The van der Waals surface area contributed by atoms with Crippen LogP contribution in [0.2, 0.25) is 0 Å². The molecular weight excluding hydrogens is 403 g/mol. The van der Waals surface area contributed by atoms with Crippen LogP contribution in [0.1, 0.15) is 29.9 Å². The van der Waals surface area contributed by atoms with Gasteiger partial charge in [0, 0.05) is 12.6 Å². The molecule has 158 valence electrons. The summed E-state index contributed by atoms with van der Waals surface area (Å²) in [6.07, 6.45) is 0.572. The molecule has 0 spiro atoms. The van der Waals surface area contributed by atoms with Crippen LogP contribution in [0.25, 0.3) is 17.0 Å². The van der Waals surface area contributed by atoms with Gasteiger partial charge in [-0.1, -0.05) is 18.2 Å². The third-order valence-corrected chi connectivity index (χ3v) is 4.77. The third kappa shape index (κ3) is 3.80. The maximum absolute atomic E-state index is 14.2. The van der Waals surface area contributed by atoms with E-state index in [4.69, 9.17) is 16.6 Å². The highest BCUT2D eigenvalue weighted by Crippen LogP contribution is 2.29. The fourth-order valence-corrected chi connectivity index (χ4v) is 3.39. The lowest BCUT2D eigenvalue weighted by Crippen LogP contribution is -2.26. The lowest BCUT2D eigenvalue weighted by molar-refractivity contribution is 0.191. The Balaban J connectivity index is 1.80. The van der Waals surface area contributed by atoms with Crippen LogP contribution < -0.4 is 16.8 Å². The number of amides is 1. The zero-order chi connectivity index (χ0) is 22.1. The van der Waals surface area contributed by atoms with Crippen molar-refractivity contribution in [3.05, 3.63) is 65.4 Å². The number of rotatable bonds is 5. The summed E-state index contributed by atoms with van der Waals surface area (Å²) in [7, 11) is 0. The zero-order valence-electron chi connectivity index (χ0n) is 16.5. The van der Waals surface area contributed by atoms with Gasteiger partial charge >= 0.3 is 6.09 Å². The average molecular weight is 422 g/mol. The average Bonchev–Trinajstić information content (AvgIpc) is 3.07. The first-order chi connectivity index (χ1) is 14.8. The van der Waals surface area contributed by atoms with E-state index in [1.165, 1.54) is 6.07 Å². The molecule has 4 rings (SSSR count). The van der Waals surface area contributed by atoms with Crippen molar-refractivity contribution in [2.45, 2.75) is 19.4 Å². The van der Waals surface area contributed by atoms with E-state index in [0.717, 1.165) is 0 Å². The van der Waals surface area contributed by atoms with Crippen molar-refractivity contribution >= 4 is 23.2 Å². The van der Waals surface area contributed by atoms with E-state index in [1.807, 2.05) is 0 Å². The van der Waals surface area contributed by atoms with Gasteiger partial charge in [-0.05, 0) is 30.7 Å². The summed E-state index contributed by atoms with van der Waals surface area (Å²) in [6.45, 7) is 1.58. The minimum atomic E-state index is -1.22. The van der Waals surface area contributed by atoms with E-state index >= 15 is 0 Å². The molecule has 4 aromatic rings. The number of hydrogen-bond acceptors (Lipinski definition) is 7. The molecule has 0 bridgehead atoms. The number of nitrogen functional groups attached to an aromatic ring is 2. The number of carboxylic acid groups (broad SMARTS) is 1. The van der Waals surface area contributed by atoms with Crippen LogP contribution in [0.15, 0.2) is 42.6 Å². The molecule has 0 aliphatic carbocycles. The summed E-state index contributed by atoms with van der Waals surface area (Å²) < 4.78 is 15.7. The number of nitrogens with two attached hydrogens (primary N) is 2. The molecule has 1 amide bonds. The quantitative estimate of drug-likeness (QED) is 0.382. The summed E-state index contributed by atoms with van der Waals surface area (Å²) >= 11 is 0. The Morgan fingerprint density at radius 1 is 1.16 bits per heavy atom. The number of nitrogens with zero attached hydrogens (tertiary/aromatic N) is 5. The van der Waals surface area contributed by atoms with Crippen LogP contribution in [0.3, 0.4) is 0 Å². The summed E-state index contributed by atoms with van der Waals surface area (Å²) in [5, 5.41) is 15.5. The van der Waals surface area contributed by atoms with Crippen LogP contribution in [0, 0.1) is 5.82 Å². The molecule has 3 aromatic heterocycles. The highest BCUT2D eigenvalue weighted by Gasteiger charge is 2.22. The maximum atomic E-state index is 14.2. The number of hydrogen-bond donors (Lipinski definition) is 4. The number of halogens is 1. The number of nitrogens with one attached hydrogen (secondary N) is 1. The topological polar surface area (TPSA) is 157 Å². The second kappa shape index (κ2) is 7.86. The molecule has 1 aromatic carbocycles. The van der Waals surface area contributed by atoms with Crippen molar-refractivity contribution in [1.29, 1.82) is 0 Å². The molecule has 0 saturated carbocycles. The van der Waals surface area contributed by atoms with Crippen molar-refractivity contribution in [3.8, 4) is 11.5 Å². The highest BCUT2D eigenvalue weighted by molar-refractivity contribution is 5.75. The van der Waals surface area contributed by atoms with Crippen molar-refractivity contribution in [3.63, 3.8) is 0 Å². The van der Waals surface area contributed by atoms with Crippen molar-refractivity contribution in [1.82, 2.24) is 29.9 Å². The second-order valence-corrected chi connectivity index (χ2v) is 6.87. The molecule has 31 heavy (non-hydrogen) atoms. The Hall–Kier alpha value is -4.28. The normalized spacial score (nSPS) is 12.1. The monoisotopic (exact) mass is 422 g/mol. The molecular formula is C20H19FN8O2. The molecule has 3 heterocycles. The van der Waals surface area contributed by atoms with Crippen LogP contribution in [0.4, 0.5) is 20.8 Å².